The summed E-state index contributed by atoms with van der Waals surface area (Å²) in [6.07, 6.45) is 3.53. The Morgan fingerprint density at radius 2 is 2.00 bits per heavy atom. The molecule has 1 N–H and O–H groups in total. The predicted molar refractivity (Wildman–Crippen MR) is 80.2 cm³/mol. The van der Waals surface area contributed by atoms with Gasteiger partial charge in [-0.1, -0.05) is 0 Å². The molecule has 3 fully saturated rings. The van der Waals surface area contributed by atoms with Crippen LogP contribution in [0.25, 0.3) is 0 Å². The van der Waals surface area contributed by atoms with Crippen LogP contribution in [0.15, 0.2) is 0 Å². The Morgan fingerprint density at radius 1 is 1.23 bits per heavy atom. The zero-order valence-electron chi connectivity index (χ0n) is 13.3. The number of hydrogen-bond donors (Lipinski definition) is 1. The van der Waals surface area contributed by atoms with Crippen molar-refractivity contribution in [1.82, 2.24) is 10.2 Å². The van der Waals surface area contributed by atoms with Crippen LogP contribution >= 0.6 is 0 Å². The van der Waals surface area contributed by atoms with Crippen LogP contribution in [-0.2, 0) is 19.1 Å². The summed E-state index contributed by atoms with van der Waals surface area (Å²) in [6.45, 7) is 5.42. The van der Waals surface area contributed by atoms with Gasteiger partial charge in [-0.05, 0) is 25.2 Å². The molecule has 6 heteroatoms. The highest BCUT2D eigenvalue weighted by Crippen LogP contribution is 2.34. The van der Waals surface area contributed by atoms with Gasteiger partial charge >= 0.3 is 0 Å². The van der Waals surface area contributed by atoms with Gasteiger partial charge in [-0.15, -0.1) is 0 Å². The molecule has 124 valence electrons. The van der Waals surface area contributed by atoms with Crippen LogP contribution in [0.4, 0.5) is 0 Å². The average molecular weight is 310 g/mol. The van der Waals surface area contributed by atoms with E-state index in [2.05, 4.69) is 5.32 Å². The Bertz CT molecular complexity index is 408. The third-order valence-electron chi connectivity index (χ3n) is 5.10. The molecule has 0 aromatic rings. The number of likely N-dealkylation sites (tertiary alicyclic amines) is 1. The highest BCUT2D eigenvalue weighted by atomic mass is 16.5. The van der Waals surface area contributed by atoms with E-state index in [1.807, 2.05) is 4.90 Å². The molecule has 22 heavy (non-hydrogen) atoms. The lowest BCUT2D eigenvalue weighted by atomic mass is 9.99. The number of carbonyl (C=O) groups is 2. The van der Waals surface area contributed by atoms with Crippen molar-refractivity contribution in [3.8, 4) is 0 Å². The van der Waals surface area contributed by atoms with Crippen molar-refractivity contribution in [2.45, 2.75) is 44.8 Å². The summed E-state index contributed by atoms with van der Waals surface area (Å²) in [7, 11) is 0. The summed E-state index contributed by atoms with van der Waals surface area (Å²) in [5.74, 6) is 1.14. The van der Waals surface area contributed by atoms with Crippen LogP contribution in [0.2, 0.25) is 0 Å². The largest absolute Gasteiger partial charge is 0.381 e. The first kappa shape index (κ1) is 15.7. The molecule has 3 atom stereocenters. The summed E-state index contributed by atoms with van der Waals surface area (Å²) < 4.78 is 11.3. The number of rotatable bonds is 4. The van der Waals surface area contributed by atoms with Gasteiger partial charge in [0.2, 0.25) is 11.8 Å². The third kappa shape index (κ3) is 3.79. The fourth-order valence-electron chi connectivity index (χ4n) is 3.74. The summed E-state index contributed by atoms with van der Waals surface area (Å²) in [6, 6.07) is 0. The van der Waals surface area contributed by atoms with E-state index < -0.39 is 0 Å². The average Bonchev–Trinajstić information content (AvgIpc) is 3.04. The van der Waals surface area contributed by atoms with Gasteiger partial charge in [0.05, 0.1) is 18.6 Å². The minimum absolute atomic E-state index is 0.0128. The van der Waals surface area contributed by atoms with Crippen LogP contribution in [0.5, 0.6) is 0 Å². The molecule has 2 amide bonds. The molecule has 0 bridgehead atoms. The van der Waals surface area contributed by atoms with E-state index in [1.54, 1.807) is 6.92 Å². The van der Waals surface area contributed by atoms with E-state index in [1.165, 1.54) is 0 Å². The molecule has 3 saturated heterocycles. The molecule has 3 heterocycles. The van der Waals surface area contributed by atoms with Crippen molar-refractivity contribution in [3.05, 3.63) is 0 Å². The van der Waals surface area contributed by atoms with Gasteiger partial charge in [-0.2, -0.15) is 0 Å². The number of fused-ring (bicyclic) bond motifs is 1. The second kappa shape index (κ2) is 6.96. The molecule has 6 nitrogen and oxygen atoms in total. The normalized spacial score (nSPS) is 32.0. The number of amides is 2. The van der Waals surface area contributed by atoms with E-state index in [9.17, 15) is 9.59 Å². The fourth-order valence-corrected chi connectivity index (χ4v) is 3.74. The van der Waals surface area contributed by atoms with Crippen molar-refractivity contribution in [2.75, 3.05) is 32.8 Å². The van der Waals surface area contributed by atoms with E-state index in [0.29, 0.717) is 24.8 Å². The van der Waals surface area contributed by atoms with Gasteiger partial charge in [0, 0.05) is 45.7 Å². The Hall–Kier alpha value is -1.14. The molecular weight excluding hydrogens is 284 g/mol. The number of ether oxygens (including phenoxy) is 2. The third-order valence-corrected chi connectivity index (χ3v) is 5.10. The van der Waals surface area contributed by atoms with E-state index >= 15 is 0 Å². The lowest BCUT2D eigenvalue weighted by Crippen LogP contribution is -2.34. The van der Waals surface area contributed by atoms with Crippen molar-refractivity contribution in [2.24, 2.45) is 11.8 Å². The Kier molecular flexibility index (Phi) is 4.98. The molecule has 0 aromatic heterocycles. The first-order chi connectivity index (χ1) is 10.6. The molecule has 0 radical (unpaired) electrons. The van der Waals surface area contributed by atoms with Gasteiger partial charge in [0.1, 0.15) is 0 Å². The van der Waals surface area contributed by atoms with Gasteiger partial charge in [0.25, 0.3) is 0 Å². The summed E-state index contributed by atoms with van der Waals surface area (Å²) >= 11 is 0. The lowest BCUT2D eigenvalue weighted by Gasteiger charge is -2.22. The SMILES string of the molecule is CC(=O)N1C[C@@H]2C[C@H](CC(=O)NCC3CCOCC3)O[C@@H]2C1. The quantitative estimate of drug-likeness (QED) is 0.824. The highest BCUT2D eigenvalue weighted by molar-refractivity contribution is 5.76. The molecule has 3 rings (SSSR count). The van der Waals surface area contributed by atoms with E-state index in [-0.39, 0.29) is 24.0 Å². The van der Waals surface area contributed by atoms with Gasteiger partial charge < -0.3 is 19.7 Å². The van der Waals surface area contributed by atoms with Crippen molar-refractivity contribution in [3.63, 3.8) is 0 Å². The van der Waals surface area contributed by atoms with Crippen molar-refractivity contribution < 1.29 is 19.1 Å². The predicted octanol–water partition coefficient (Wildman–Crippen LogP) is 0.555. The van der Waals surface area contributed by atoms with E-state index in [0.717, 1.165) is 45.6 Å². The maximum Gasteiger partial charge on any atom is 0.222 e. The standard InChI is InChI=1S/C16H26N2O4/c1-11(19)18-9-13-6-14(22-15(13)10-18)7-16(20)17-8-12-2-4-21-5-3-12/h12-15H,2-10H2,1H3,(H,17,20)/t13-,14+,15+/m0/s1. The van der Waals surface area contributed by atoms with Crippen LogP contribution in [0.3, 0.4) is 0 Å². The molecule has 0 saturated carbocycles. The molecule has 0 aromatic carbocycles. The first-order valence-electron chi connectivity index (χ1n) is 8.37. The molecule has 0 aliphatic carbocycles. The maximum absolute atomic E-state index is 12.0. The van der Waals surface area contributed by atoms with Crippen LogP contribution in [0, 0.1) is 11.8 Å². The van der Waals surface area contributed by atoms with Gasteiger partial charge in [-0.3, -0.25) is 9.59 Å². The molecule has 0 spiro atoms. The molecular formula is C16H26N2O4. The minimum Gasteiger partial charge on any atom is -0.381 e. The van der Waals surface area contributed by atoms with Gasteiger partial charge in [0.15, 0.2) is 0 Å². The second-order valence-corrected chi connectivity index (χ2v) is 6.78. The Balaban J connectivity index is 1.36. The molecule has 3 aliphatic rings. The fraction of sp³-hybridized carbons (Fsp3) is 0.875. The number of carbonyl (C=O) groups excluding carboxylic acids is 2. The minimum atomic E-state index is 0.0128. The summed E-state index contributed by atoms with van der Waals surface area (Å²) in [4.78, 5) is 25.3. The zero-order valence-corrected chi connectivity index (χ0v) is 13.3. The monoisotopic (exact) mass is 310 g/mol. The van der Waals surface area contributed by atoms with Crippen molar-refractivity contribution in [1.29, 1.82) is 0 Å². The zero-order chi connectivity index (χ0) is 15.5. The number of nitrogens with one attached hydrogen (secondary N) is 1. The Morgan fingerprint density at radius 3 is 2.68 bits per heavy atom. The molecule has 0 unspecified atom stereocenters. The smallest absolute Gasteiger partial charge is 0.222 e. The van der Waals surface area contributed by atoms with Crippen LogP contribution in [-0.4, -0.2) is 61.8 Å². The van der Waals surface area contributed by atoms with Crippen LogP contribution < -0.4 is 5.32 Å². The topological polar surface area (TPSA) is 67.9 Å². The first-order valence-corrected chi connectivity index (χ1v) is 8.37. The number of hydrogen-bond acceptors (Lipinski definition) is 4. The van der Waals surface area contributed by atoms with Gasteiger partial charge in [-0.25, -0.2) is 0 Å². The summed E-state index contributed by atoms with van der Waals surface area (Å²) in [5.41, 5.74) is 0. The highest BCUT2D eigenvalue weighted by Gasteiger charge is 2.43. The lowest BCUT2D eigenvalue weighted by molar-refractivity contribution is -0.129. The Labute approximate surface area is 131 Å². The van der Waals surface area contributed by atoms with Crippen molar-refractivity contribution >= 4 is 11.8 Å². The summed E-state index contributed by atoms with van der Waals surface area (Å²) in [5, 5.41) is 3.03. The molecule has 3 aliphatic heterocycles. The second-order valence-electron chi connectivity index (χ2n) is 6.78. The van der Waals surface area contributed by atoms with Crippen LogP contribution in [0.1, 0.15) is 32.6 Å². The number of nitrogens with zero attached hydrogens (tertiary/aromatic N) is 1. The van der Waals surface area contributed by atoms with E-state index in [4.69, 9.17) is 9.47 Å². The maximum atomic E-state index is 12.0.